The number of hydrogen-bond donors (Lipinski definition) is 0. The van der Waals surface area contributed by atoms with Crippen molar-refractivity contribution in [2.75, 3.05) is 13.7 Å². The lowest BCUT2D eigenvalue weighted by Crippen LogP contribution is -2.55. The highest BCUT2D eigenvalue weighted by Gasteiger charge is 2.72. The van der Waals surface area contributed by atoms with Crippen LogP contribution in [0.2, 0.25) is 0 Å². The lowest BCUT2D eigenvalue weighted by Gasteiger charge is -2.41. The molecule has 1 aliphatic carbocycles. The van der Waals surface area contributed by atoms with Crippen molar-refractivity contribution in [2.45, 2.75) is 57.0 Å². The molecule has 32 heavy (non-hydrogen) atoms. The van der Waals surface area contributed by atoms with E-state index in [4.69, 9.17) is 23.7 Å². The second-order valence-corrected chi connectivity index (χ2v) is 8.92. The molecule has 0 radical (unpaired) electrons. The van der Waals surface area contributed by atoms with Crippen molar-refractivity contribution in [2.24, 2.45) is 11.8 Å². The molecule has 2 heterocycles. The number of non-ortho nitro benzene ring substituents is 1. The van der Waals surface area contributed by atoms with Crippen LogP contribution in [0.4, 0.5) is 10.5 Å². The number of nitro benzene ring substituents is 1. The van der Waals surface area contributed by atoms with Gasteiger partial charge in [-0.25, -0.2) is 4.79 Å². The van der Waals surface area contributed by atoms with Crippen molar-refractivity contribution in [1.29, 1.82) is 0 Å². The van der Waals surface area contributed by atoms with Gasteiger partial charge in [0.25, 0.3) is 5.69 Å². The molecular formula is C23H27NO8. The van der Waals surface area contributed by atoms with E-state index >= 15 is 0 Å². The van der Waals surface area contributed by atoms with E-state index in [0.717, 1.165) is 5.76 Å². The number of nitro groups is 1. The zero-order valence-electron chi connectivity index (χ0n) is 18.5. The second-order valence-electron chi connectivity index (χ2n) is 8.92. The van der Waals surface area contributed by atoms with Gasteiger partial charge in [0.05, 0.1) is 17.4 Å². The first kappa shape index (κ1) is 22.3. The van der Waals surface area contributed by atoms with Crippen LogP contribution in [0.25, 0.3) is 0 Å². The Bertz CT molecular complexity index is 961. The van der Waals surface area contributed by atoms with E-state index in [9.17, 15) is 14.9 Å². The molecule has 1 aromatic carbocycles. The lowest BCUT2D eigenvalue weighted by atomic mass is 9.69. The van der Waals surface area contributed by atoms with E-state index in [-0.39, 0.29) is 23.0 Å². The van der Waals surface area contributed by atoms with E-state index in [1.165, 1.54) is 24.3 Å². The molecule has 3 fully saturated rings. The molecule has 1 unspecified atom stereocenters. The Balaban J connectivity index is 1.47. The minimum atomic E-state index is -0.894. The quantitative estimate of drug-likeness (QED) is 0.160. The number of methoxy groups -OCH3 is 1. The van der Waals surface area contributed by atoms with Crippen LogP contribution in [0.1, 0.15) is 33.6 Å². The fourth-order valence-electron chi connectivity index (χ4n) is 4.55. The number of benzene rings is 1. The molecular weight excluding hydrogens is 418 g/mol. The van der Waals surface area contributed by atoms with Crippen LogP contribution < -0.4 is 4.74 Å². The fraction of sp³-hybridized carbons (Fsp3) is 0.565. The van der Waals surface area contributed by atoms with Crippen LogP contribution in [0.5, 0.6) is 5.75 Å². The van der Waals surface area contributed by atoms with Crippen LogP contribution in [0.15, 0.2) is 41.8 Å². The molecule has 0 bridgehead atoms. The van der Waals surface area contributed by atoms with Crippen LogP contribution >= 0.6 is 0 Å². The summed E-state index contributed by atoms with van der Waals surface area (Å²) in [5.41, 5.74) is 2.17. The Morgan fingerprint density at radius 1 is 1.34 bits per heavy atom. The zero-order valence-corrected chi connectivity index (χ0v) is 18.5. The smallest absolute Gasteiger partial charge is 0.470 e. The van der Waals surface area contributed by atoms with Gasteiger partial charge in [-0.3, -0.25) is 10.1 Å². The van der Waals surface area contributed by atoms with Gasteiger partial charge in [-0.2, -0.15) is 0 Å². The summed E-state index contributed by atoms with van der Waals surface area (Å²) in [5, 5.41) is 10.8. The molecule has 9 heteroatoms. The first-order valence-corrected chi connectivity index (χ1v) is 10.6. The molecule has 1 spiro atoms. The number of hydrogen-bond acceptors (Lipinski definition) is 8. The number of epoxide rings is 2. The summed E-state index contributed by atoms with van der Waals surface area (Å²) in [6.07, 6.45) is 1.31. The van der Waals surface area contributed by atoms with E-state index < -0.39 is 28.9 Å². The summed E-state index contributed by atoms with van der Waals surface area (Å²) in [7, 11) is 1.58. The number of carbonyl (C=O) groups is 1. The third-order valence-corrected chi connectivity index (χ3v) is 6.26. The van der Waals surface area contributed by atoms with E-state index in [2.05, 4.69) is 19.6 Å². The Morgan fingerprint density at radius 2 is 2.03 bits per heavy atom. The molecule has 172 valence electrons. The van der Waals surface area contributed by atoms with Gasteiger partial charge >= 0.3 is 6.16 Å². The molecule has 2 aliphatic heterocycles. The number of rotatable bonds is 6. The Kier molecular flexibility index (Phi) is 5.75. The predicted molar refractivity (Wildman–Crippen MR) is 112 cm³/mol. The highest BCUT2D eigenvalue weighted by molar-refractivity contribution is 5.64. The van der Waals surface area contributed by atoms with E-state index in [0.29, 0.717) is 25.4 Å². The highest BCUT2D eigenvalue weighted by atomic mass is 16.7. The summed E-state index contributed by atoms with van der Waals surface area (Å²) in [4.78, 5) is 22.7. The normalized spacial score (nSPS) is 32.7. The number of nitrogens with zero attached hydrogens (tertiary/aromatic N) is 1. The molecule has 0 amide bonds. The average molecular weight is 445 g/mol. The van der Waals surface area contributed by atoms with Crippen molar-refractivity contribution in [3.05, 3.63) is 51.9 Å². The summed E-state index contributed by atoms with van der Waals surface area (Å²) >= 11 is 0. The van der Waals surface area contributed by atoms with Gasteiger partial charge in [-0.1, -0.05) is 19.6 Å². The van der Waals surface area contributed by atoms with Gasteiger partial charge in [0.15, 0.2) is 11.4 Å². The summed E-state index contributed by atoms with van der Waals surface area (Å²) in [6, 6.07) is 5.21. The standard InChI is InChI=1S/C23H27NO8/c1-14(2)5-10-18-22(3,32-18)20-19(28-4)17(11-12-23(20)13-29-23)31-21(25)30-16-8-6-15(7-9-16)24(26)27/h5-9,14,17,19-20H,11-13H2,1-4H3/t10?,17-,19-,20?,22+,23+/m1/s1. The minimum Gasteiger partial charge on any atom is -0.470 e. The van der Waals surface area contributed by atoms with Gasteiger partial charge in [0, 0.05) is 19.2 Å². The minimum absolute atomic E-state index is 0.0944. The molecule has 2 saturated heterocycles. The summed E-state index contributed by atoms with van der Waals surface area (Å²) < 4.78 is 28.5. The third kappa shape index (κ3) is 4.24. The third-order valence-electron chi connectivity index (χ3n) is 6.26. The topological polar surface area (TPSA) is 113 Å². The van der Waals surface area contributed by atoms with Crippen molar-refractivity contribution < 1.29 is 33.4 Å². The SMILES string of the molecule is CO[C@H]1C([C@@]2(C)OC2=C=CC(C)C)[C@]2(CC[C@H]1OC(=O)Oc1ccc([N+](=O)[O-])cc1)CO2. The van der Waals surface area contributed by atoms with Crippen molar-refractivity contribution in [3.8, 4) is 5.75 Å². The fourth-order valence-corrected chi connectivity index (χ4v) is 4.55. The number of ether oxygens (including phenoxy) is 5. The molecule has 4 rings (SSSR count). The maximum Gasteiger partial charge on any atom is 0.514 e. The second kappa shape index (κ2) is 8.24. The van der Waals surface area contributed by atoms with Gasteiger partial charge in [-0.15, -0.1) is 0 Å². The molecule has 3 aliphatic rings. The van der Waals surface area contributed by atoms with Gasteiger partial charge < -0.3 is 23.7 Å². The first-order valence-electron chi connectivity index (χ1n) is 10.6. The van der Waals surface area contributed by atoms with E-state index in [1.54, 1.807) is 7.11 Å². The van der Waals surface area contributed by atoms with Gasteiger partial charge in [0.2, 0.25) is 0 Å². The van der Waals surface area contributed by atoms with Crippen LogP contribution in [-0.4, -0.2) is 48.2 Å². The van der Waals surface area contributed by atoms with Crippen LogP contribution in [0, 0.1) is 22.0 Å². The monoisotopic (exact) mass is 445 g/mol. The molecule has 9 nitrogen and oxygen atoms in total. The van der Waals surface area contributed by atoms with Crippen molar-refractivity contribution in [1.82, 2.24) is 0 Å². The van der Waals surface area contributed by atoms with Crippen molar-refractivity contribution in [3.63, 3.8) is 0 Å². The van der Waals surface area contributed by atoms with Crippen LogP contribution in [-0.2, 0) is 18.9 Å². The summed E-state index contributed by atoms with van der Waals surface area (Å²) in [6.45, 7) is 6.73. The highest BCUT2D eigenvalue weighted by Crippen LogP contribution is 2.60. The lowest BCUT2D eigenvalue weighted by molar-refractivity contribution is -0.384. The average Bonchev–Trinajstić information content (AvgIpc) is 3.65. The Morgan fingerprint density at radius 3 is 2.59 bits per heavy atom. The molecule has 5 atom stereocenters. The first-order chi connectivity index (χ1) is 15.2. The Labute approximate surface area is 186 Å². The molecule has 0 N–H and O–H groups in total. The maximum absolute atomic E-state index is 12.4. The molecule has 0 aromatic heterocycles. The van der Waals surface area contributed by atoms with Gasteiger partial charge in [-0.05, 0) is 43.9 Å². The number of carbonyl (C=O) groups excluding carboxylic acids is 1. The van der Waals surface area contributed by atoms with E-state index in [1.807, 2.05) is 13.0 Å². The maximum atomic E-state index is 12.4. The predicted octanol–water partition coefficient (Wildman–Crippen LogP) is 4.16. The summed E-state index contributed by atoms with van der Waals surface area (Å²) in [5.74, 6) is 1.08. The van der Waals surface area contributed by atoms with Gasteiger partial charge in [0.1, 0.15) is 23.6 Å². The van der Waals surface area contributed by atoms with Crippen LogP contribution in [0.3, 0.4) is 0 Å². The molecule has 1 saturated carbocycles. The molecule has 1 aromatic rings. The zero-order chi connectivity index (χ0) is 23.1. The van der Waals surface area contributed by atoms with Crippen molar-refractivity contribution >= 4 is 11.8 Å². The largest absolute Gasteiger partial charge is 0.514 e. The Hall–Kier alpha value is -2.87.